The van der Waals surface area contributed by atoms with Gasteiger partial charge in [-0.25, -0.2) is 0 Å². The summed E-state index contributed by atoms with van der Waals surface area (Å²) in [6.45, 7) is 10.9. The van der Waals surface area contributed by atoms with E-state index in [0.717, 1.165) is 0 Å². The molecule has 0 aromatic heterocycles. The van der Waals surface area contributed by atoms with Crippen LogP contribution in [0.15, 0.2) is 0 Å². The monoisotopic (exact) mass is 277 g/mol. The maximum atomic E-state index is 9.87. The smallest absolute Gasteiger partial charge is 0.192 e. The molecule has 18 heavy (non-hydrogen) atoms. The summed E-state index contributed by atoms with van der Waals surface area (Å²) in [4.78, 5) is 0. The van der Waals surface area contributed by atoms with E-state index < -0.39 is 26.6 Å². The first-order valence-corrected chi connectivity index (χ1v) is 9.38. The predicted octanol–water partition coefficient (Wildman–Crippen LogP) is 0.0627. The molecule has 1 rings (SSSR count). The van der Waals surface area contributed by atoms with Gasteiger partial charge in [0.25, 0.3) is 0 Å². The van der Waals surface area contributed by atoms with Crippen LogP contribution in [0.3, 0.4) is 0 Å². The fraction of sp³-hybridized carbons (Fsp3) is 1.00. The summed E-state index contributed by atoms with van der Waals surface area (Å²) in [6, 6.07) is -0.778. The van der Waals surface area contributed by atoms with Gasteiger partial charge < -0.3 is 25.1 Å². The molecule has 0 spiro atoms. The first-order valence-electron chi connectivity index (χ1n) is 6.47. The second kappa shape index (κ2) is 5.56. The Kier molecular flexibility index (Phi) is 4.97. The number of hydrogen-bond donors (Lipinski definition) is 4. The molecule has 6 heteroatoms. The van der Waals surface area contributed by atoms with E-state index in [1.807, 2.05) is 0 Å². The summed E-state index contributed by atoms with van der Waals surface area (Å²) in [5.74, 6) is 0. The van der Waals surface area contributed by atoms with E-state index >= 15 is 0 Å². The molecule has 0 aromatic carbocycles. The number of aliphatic hydroxyl groups excluding tert-OH is 3. The van der Waals surface area contributed by atoms with E-state index in [9.17, 15) is 10.2 Å². The van der Waals surface area contributed by atoms with Gasteiger partial charge in [0, 0.05) is 0 Å². The first-order chi connectivity index (χ1) is 8.10. The zero-order chi connectivity index (χ0) is 14.1. The highest BCUT2D eigenvalue weighted by molar-refractivity contribution is 6.74. The molecule has 1 aliphatic rings. The maximum absolute atomic E-state index is 9.87. The van der Waals surface area contributed by atoms with Gasteiger partial charge in [-0.05, 0) is 18.1 Å². The highest BCUT2D eigenvalue weighted by atomic mass is 28.4. The minimum atomic E-state index is -1.85. The number of hydrogen-bond acceptors (Lipinski definition) is 5. The molecule has 0 saturated carbocycles. The second-order valence-corrected chi connectivity index (χ2v) is 11.4. The normalized spacial score (nSPS) is 34.0. The average Bonchev–Trinajstić information content (AvgIpc) is 2.52. The van der Waals surface area contributed by atoms with E-state index in [1.165, 1.54) is 0 Å². The molecule has 1 saturated heterocycles. The summed E-state index contributed by atoms with van der Waals surface area (Å²) in [7, 11) is -1.85. The highest BCUT2D eigenvalue weighted by Crippen LogP contribution is 2.36. The molecule has 1 heterocycles. The third-order valence-electron chi connectivity index (χ3n) is 4.23. The third kappa shape index (κ3) is 3.31. The van der Waals surface area contributed by atoms with E-state index in [4.69, 9.17) is 9.53 Å². The largest absolute Gasteiger partial charge is 0.415 e. The van der Waals surface area contributed by atoms with Gasteiger partial charge >= 0.3 is 0 Å². The summed E-state index contributed by atoms with van der Waals surface area (Å²) in [5.41, 5.74) is 0. The molecule has 1 fully saturated rings. The minimum Gasteiger partial charge on any atom is -0.415 e. The van der Waals surface area contributed by atoms with Crippen LogP contribution >= 0.6 is 0 Å². The van der Waals surface area contributed by atoms with Crippen molar-refractivity contribution in [2.75, 3.05) is 13.2 Å². The lowest BCUT2D eigenvalue weighted by atomic mass is 10.1. The van der Waals surface area contributed by atoms with Gasteiger partial charge in [0.15, 0.2) is 8.32 Å². The predicted molar refractivity (Wildman–Crippen MR) is 73.0 cm³/mol. The fourth-order valence-corrected chi connectivity index (χ4v) is 2.80. The van der Waals surface area contributed by atoms with Crippen LogP contribution in [-0.4, -0.2) is 61.1 Å². The molecule has 0 amide bonds. The number of aliphatic hydroxyl groups is 3. The number of rotatable bonds is 4. The molecule has 4 N–H and O–H groups in total. The van der Waals surface area contributed by atoms with Crippen LogP contribution in [0, 0.1) is 0 Å². The summed E-state index contributed by atoms with van der Waals surface area (Å²) in [5, 5.41) is 31.8. The van der Waals surface area contributed by atoms with Gasteiger partial charge in [0.1, 0.15) is 0 Å². The van der Waals surface area contributed by atoms with E-state index in [1.54, 1.807) is 0 Å². The fourth-order valence-electron chi connectivity index (χ4n) is 1.77. The highest BCUT2D eigenvalue weighted by Gasteiger charge is 2.43. The third-order valence-corrected chi connectivity index (χ3v) is 8.73. The molecule has 1 aliphatic heterocycles. The lowest BCUT2D eigenvalue weighted by molar-refractivity contribution is 0.0137. The van der Waals surface area contributed by atoms with Crippen LogP contribution in [0.25, 0.3) is 0 Å². The van der Waals surface area contributed by atoms with Crippen molar-refractivity contribution >= 4 is 8.32 Å². The molecule has 108 valence electrons. The molecule has 4 atom stereocenters. The molecule has 5 nitrogen and oxygen atoms in total. The molecule has 0 aromatic rings. The minimum absolute atomic E-state index is 0.117. The van der Waals surface area contributed by atoms with Crippen molar-refractivity contribution in [1.82, 2.24) is 5.32 Å². The zero-order valence-electron chi connectivity index (χ0n) is 12.0. The molecule has 0 bridgehead atoms. The molecule has 0 radical (unpaired) electrons. The summed E-state index contributed by atoms with van der Waals surface area (Å²) < 4.78 is 6.01. The SMILES string of the molecule is CC(C)(C)[Si](C)(C)OC[C@H]1N[C@@H](CO)[C@@H](O)[C@@H]1O. The van der Waals surface area contributed by atoms with Crippen molar-refractivity contribution in [2.45, 2.75) is 63.2 Å². The molecule has 0 aliphatic carbocycles. The Morgan fingerprint density at radius 2 is 1.61 bits per heavy atom. The van der Waals surface area contributed by atoms with Crippen LogP contribution in [-0.2, 0) is 4.43 Å². The Balaban J connectivity index is 2.55. The van der Waals surface area contributed by atoms with Gasteiger partial charge in [0.2, 0.25) is 0 Å². The Bertz CT molecular complexity index is 280. The average molecular weight is 277 g/mol. The van der Waals surface area contributed by atoms with Gasteiger partial charge in [-0.15, -0.1) is 0 Å². The molecule has 0 unspecified atom stereocenters. The summed E-state index contributed by atoms with van der Waals surface area (Å²) in [6.07, 6.45) is -1.81. The molecular formula is C12H27NO4Si. The molecular weight excluding hydrogens is 250 g/mol. The quantitative estimate of drug-likeness (QED) is 0.547. The lowest BCUT2D eigenvalue weighted by Gasteiger charge is -2.37. The van der Waals surface area contributed by atoms with Gasteiger partial charge in [-0.2, -0.15) is 0 Å². The van der Waals surface area contributed by atoms with Crippen molar-refractivity contribution < 1.29 is 19.7 Å². The van der Waals surface area contributed by atoms with Gasteiger partial charge in [-0.1, -0.05) is 20.8 Å². The summed E-state index contributed by atoms with van der Waals surface area (Å²) >= 11 is 0. The second-order valence-electron chi connectivity index (χ2n) is 6.61. The Labute approximate surface area is 110 Å². The van der Waals surface area contributed by atoms with Crippen LogP contribution in [0.4, 0.5) is 0 Å². The Morgan fingerprint density at radius 1 is 1.11 bits per heavy atom. The van der Waals surface area contributed by atoms with Crippen molar-refractivity contribution in [3.8, 4) is 0 Å². The Hall–Kier alpha value is 0.0169. The lowest BCUT2D eigenvalue weighted by Crippen LogP contribution is -2.46. The first kappa shape index (κ1) is 16.1. The Morgan fingerprint density at radius 3 is 2.00 bits per heavy atom. The van der Waals surface area contributed by atoms with Crippen LogP contribution < -0.4 is 5.32 Å². The van der Waals surface area contributed by atoms with Crippen LogP contribution in [0.2, 0.25) is 18.1 Å². The zero-order valence-corrected chi connectivity index (χ0v) is 13.0. The topological polar surface area (TPSA) is 82.0 Å². The maximum Gasteiger partial charge on any atom is 0.192 e. The van der Waals surface area contributed by atoms with Gasteiger partial charge in [-0.3, -0.25) is 0 Å². The van der Waals surface area contributed by atoms with Crippen LogP contribution in [0.5, 0.6) is 0 Å². The van der Waals surface area contributed by atoms with E-state index in [0.29, 0.717) is 6.61 Å². The van der Waals surface area contributed by atoms with E-state index in [-0.39, 0.29) is 17.7 Å². The van der Waals surface area contributed by atoms with Gasteiger partial charge in [0.05, 0.1) is 37.5 Å². The standard InChI is InChI=1S/C12H27NO4Si/c1-12(2,3)18(4,5)17-7-9-11(16)10(15)8(6-14)13-9/h8-11,13-16H,6-7H2,1-5H3/t8-,9+,10+,11+/m0/s1. The van der Waals surface area contributed by atoms with Crippen molar-refractivity contribution in [3.63, 3.8) is 0 Å². The van der Waals surface area contributed by atoms with E-state index in [2.05, 4.69) is 39.2 Å². The van der Waals surface area contributed by atoms with Crippen molar-refractivity contribution in [3.05, 3.63) is 0 Å². The van der Waals surface area contributed by atoms with Crippen molar-refractivity contribution in [1.29, 1.82) is 0 Å². The van der Waals surface area contributed by atoms with Crippen molar-refractivity contribution in [2.24, 2.45) is 0 Å². The van der Waals surface area contributed by atoms with Crippen LogP contribution in [0.1, 0.15) is 20.8 Å². The number of nitrogens with one attached hydrogen (secondary N) is 1.